The molecule has 0 radical (unpaired) electrons. The zero-order valence-electron chi connectivity index (χ0n) is 22.8. The van der Waals surface area contributed by atoms with Crippen LogP contribution >= 0.6 is 15.5 Å². The third-order valence-corrected chi connectivity index (χ3v) is 10.4. The van der Waals surface area contributed by atoms with Crippen molar-refractivity contribution in [3.8, 4) is 0 Å². The number of allylic oxidation sites excluding steroid dienone is 2. The van der Waals surface area contributed by atoms with Crippen LogP contribution in [0.5, 0.6) is 0 Å². The first kappa shape index (κ1) is 33.3. The molecule has 2 unspecified atom stereocenters. The maximum atomic E-state index is 11.2. The fourth-order valence-electron chi connectivity index (χ4n) is 3.89. The van der Waals surface area contributed by atoms with Crippen molar-refractivity contribution in [1.29, 1.82) is 0 Å². The van der Waals surface area contributed by atoms with Gasteiger partial charge in [-0.1, -0.05) is 51.2 Å². The first-order valence-corrected chi connectivity index (χ1v) is 18.7. The second-order valence-electron chi connectivity index (χ2n) is 10.8. The van der Waals surface area contributed by atoms with Gasteiger partial charge in [0.05, 0.1) is 0 Å². The van der Waals surface area contributed by atoms with E-state index in [1.165, 1.54) is 103 Å². The third kappa shape index (κ3) is 20.2. The van der Waals surface area contributed by atoms with Crippen molar-refractivity contribution >= 4 is 15.5 Å². The fraction of sp³-hybridized carbons (Fsp3) is 0.926. The third-order valence-electron chi connectivity index (χ3n) is 6.68. The summed E-state index contributed by atoms with van der Waals surface area (Å²) in [6.07, 6.45) is 28.5. The zero-order valence-corrected chi connectivity index (χ0v) is 24.8. The minimum atomic E-state index is -2.99. The van der Waals surface area contributed by atoms with Gasteiger partial charge in [-0.2, -0.15) is 0 Å². The summed E-state index contributed by atoms with van der Waals surface area (Å²) in [5, 5.41) is 0. The van der Waals surface area contributed by atoms with Gasteiger partial charge < -0.3 is 0 Å². The van der Waals surface area contributed by atoms with E-state index in [0.717, 1.165) is 12.8 Å². The van der Waals surface area contributed by atoms with Gasteiger partial charge in [0.1, 0.15) is 0 Å². The van der Waals surface area contributed by atoms with Gasteiger partial charge in [0.15, 0.2) is 0 Å². The van der Waals surface area contributed by atoms with Crippen LogP contribution in [-0.4, -0.2) is 37.0 Å². The molecule has 0 heterocycles. The van der Waals surface area contributed by atoms with E-state index in [2.05, 4.69) is 39.1 Å². The van der Waals surface area contributed by atoms with Crippen molar-refractivity contribution in [2.24, 2.45) is 0 Å². The Morgan fingerprint density at radius 1 is 0.727 bits per heavy atom. The van der Waals surface area contributed by atoms with E-state index in [1.807, 2.05) is 6.92 Å². The van der Waals surface area contributed by atoms with Gasteiger partial charge in [-0.3, -0.25) is 0 Å². The molecule has 33 heavy (non-hydrogen) atoms. The van der Waals surface area contributed by atoms with Gasteiger partial charge in [-0.05, 0) is 25.7 Å². The number of unbranched alkanes of at least 4 members (excludes halogenated alkanes) is 16. The second kappa shape index (κ2) is 21.6. The zero-order chi connectivity index (χ0) is 24.8. The molecular formula is C27H58O4P2. The topological polar surface area (TPSA) is 55.8 Å². The minimum absolute atomic E-state index is 0.601. The summed E-state index contributed by atoms with van der Waals surface area (Å²) in [5.74, 6) is 0. The average molecular weight is 509 g/mol. The Morgan fingerprint density at radius 3 is 1.52 bits per heavy atom. The number of rotatable bonds is 24. The first-order valence-electron chi connectivity index (χ1n) is 13.9. The molecule has 1 N–H and O–H groups in total. The summed E-state index contributed by atoms with van der Waals surface area (Å²) >= 11 is 0. The molecule has 6 heteroatoms. The standard InChI is InChI=1S/C27H58O4P2/c1-6-7-8-9-10-11-12-13-14-15-16-17-18-19-20-21-22-23-24-25-26-30-27(2,31-32(28)29)33(3,4)5/h13-14,32-33H,6-12,15-26H2,1-5H3,(H,28,29). The fourth-order valence-corrected chi connectivity index (χ4v) is 6.30. The van der Waals surface area contributed by atoms with Crippen LogP contribution < -0.4 is 0 Å². The average Bonchev–Trinajstić information content (AvgIpc) is 2.73. The van der Waals surface area contributed by atoms with E-state index in [0.29, 0.717) is 6.61 Å². The second-order valence-corrected chi connectivity index (χ2v) is 16.9. The molecule has 0 amide bonds. The van der Waals surface area contributed by atoms with E-state index in [9.17, 15) is 9.46 Å². The summed E-state index contributed by atoms with van der Waals surface area (Å²) < 4.78 is 22.4. The Kier molecular flexibility index (Phi) is 21.7. The van der Waals surface area contributed by atoms with Crippen LogP contribution in [0.2, 0.25) is 0 Å². The Labute approximate surface area is 208 Å². The van der Waals surface area contributed by atoms with E-state index < -0.39 is 21.0 Å². The Hall–Kier alpha value is 0.280. The van der Waals surface area contributed by atoms with Gasteiger partial charge in [-0.15, -0.1) is 0 Å². The summed E-state index contributed by atoms with van der Waals surface area (Å²) in [4.78, 5) is 9.19. The molecule has 0 fully saturated rings. The molecule has 200 valence electrons. The molecule has 2 atom stereocenters. The van der Waals surface area contributed by atoms with E-state index in [1.54, 1.807) is 0 Å². The van der Waals surface area contributed by atoms with Crippen LogP contribution in [0, 0.1) is 0 Å². The predicted molar refractivity (Wildman–Crippen MR) is 151 cm³/mol. The Balaban J connectivity index is 3.45. The molecule has 0 saturated heterocycles. The quantitative estimate of drug-likeness (QED) is 0.0611. The summed E-state index contributed by atoms with van der Waals surface area (Å²) in [6, 6.07) is 0. The molecule has 0 saturated carbocycles. The molecular weight excluding hydrogens is 450 g/mol. The summed E-state index contributed by atoms with van der Waals surface area (Å²) in [6.45, 7) is 11.0. The van der Waals surface area contributed by atoms with Crippen molar-refractivity contribution in [3.63, 3.8) is 0 Å². The predicted octanol–water partition coefficient (Wildman–Crippen LogP) is 9.31. The molecule has 0 aliphatic carbocycles. The van der Waals surface area contributed by atoms with E-state index >= 15 is 0 Å². The number of hydrogen-bond acceptors (Lipinski definition) is 3. The Morgan fingerprint density at radius 2 is 1.12 bits per heavy atom. The molecule has 0 bridgehead atoms. The normalized spacial score (nSPS) is 15.7. The van der Waals surface area contributed by atoms with Gasteiger partial charge in [0, 0.05) is 0 Å². The number of ether oxygens (including phenoxy) is 1. The van der Waals surface area contributed by atoms with Crippen molar-refractivity contribution in [3.05, 3.63) is 12.2 Å². The van der Waals surface area contributed by atoms with Gasteiger partial charge in [0.2, 0.25) is 0 Å². The SMILES string of the molecule is CCCCCCCCC=CCCCCCCCCCCCCOC(C)(O[PH](=O)O)[PH](C)(C)C. The van der Waals surface area contributed by atoms with Crippen LogP contribution in [0.15, 0.2) is 12.2 Å². The van der Waals surface area contributed by atoms with Crippen LogP contribution in [-0.2, 0) is 13.8 Å². The van der Waals surface area contributed by atoms with Crippen LogP contribution in [0.3, 0.4) is 0 Å². The molecule has 0 spiro atoms. The summed E-state index contributed by atoms with van der Waals surface area (Å²) in [7, 11) is -4.87. The van der Waals surface area contributed by atoms with Gasteiger partial charge in [0.25, 0.3) is 0 Å². The van der Waals surface area contributed by atoms with E-state index in [-0.39, 0.29) is 0 Å². The van der Waals surface area contributed by atoms with E-state index in [4.69, 9.17) is 9.26 Å². The monoisotopic (exact) mass is 508 g/mol. The molecule has 0 aromatic heterocycles. The maximum absolute atomic E-state index is 11.2. The van der Waals surface area contributed by atoms with Crippen LogP contribution in [0.25, 0.3) is 0 Å². The molecule has 0 aliphatic heterocycles. The van der Waals surface area contributed by atoms with Gasteiger partial charge >= 0.3 is 131 Å². The van der Waals surface area contributed by atoms with Crippen molar-refractivity contribution in [2.75, 3.05) is 26.6 Å². The van der Waals surface area contributed by atoms with Crippen LogP contribution in [0.1, 0.15) is 129 Å². The summed E-state index contributed by atoms with van der Waals surface area (Å²) in [5.41, 5.74) is -0.887. The molecule has 0 aromatic carbocycles. The first-order chi connectivity index (χ1) is 15.7. The number of hydrogen-bond donors (Lipinski definition) is 1. The van der Waals surface area contributed by atoms with Gasteiger partial charge in [-0.25, -0.2) is 0 Å². The van der Waals surface area contributed by atoms with Crippen molar-refractivity contribution in [1.82, 2.24) is 0 Å². The Bertz CT molecular complexity index is 491. The molecule has 0 aromatic rings. The molecule has 0 aliphatic rings. The van der Waals surface area contributed by atoms with Crippen LogP contribution in [0.4, 0.5) is 0 Å². The van der Waals surface area contributed by atoms with Crippen molar-refractivity contribution in [2.45, 2.75) is 135 Å². The van der Waals surface area contributed by atoms with Crippen molar-refractivity contribution < 1.29 is 18.7 Å². The molecule has 4 nitrogen and oxygen atoms in total. The molecule has 0 rings (SSSR count).